The van der Waals surface area contributed by atoms with Gasteiger partial charge in [0.1, 0.15) is 17.2 Å². The molecule has 3 nitrogen and oxygen atoms in total. The molecule has 1 saturated carbocycles. The Hall–Kier alpha value is -1.39. The summed E-state index contributed by atoms with van der Waals surface area (Å²) in [5.74, 6) is 7.39. The normalized spacial score (nSPS) is 25.0. The van der Waals surface area contributed by atoms with E-state index in [4.69, 9.17) is 10.3 Å². The molecule has 0 spiro atoms. The van der Waals surface area contributed by atoms with Gasteiger partial charge in [-0.1, -0.05) is 19.8 Å². The van der Waals surface area contributed by atoms with Gasteiger partial charge in [0.05, 0.1) is 6.04 Å². The summed E-state index contributed by atoms with van der Waals surface area (Å²) in [4.78, 5) is 0. The molecule has 4 heteroatoms. The van der Waals surface area contributed by atoms with Gasteiger partial charge < -0.3 is 4.42 Å². The molecule has 0 bridgehead atoms. The maximum atomic E-state index is 13.2. The van der Waals surface area contributed by atoms with Gasteiger partial charge in [0.2, 0.25) is 0 Å². The highest BCUT2D eigenvalue weighted by atomic mass is 19.1. The van der Waals surface area contributed by atoms with Gasteiger partial charge >= 0.3 is 0 Å². The zero-order valence-electron chi connectivity index (χ0n) is 11.0. The van der Waals surface area contributed by atoms with Crippen LogP contribution in [0.2, 0.25) is 0 Å². The second kappa shape index (κ2) is 4.94. The number of halogens is 1. The van der Waals surface area contributed by atoms with Crippen molar-refractivity contribution >= 4 is 11.0 Å². The zero-order chi connectivity index (χ0) is 13.4. The maximum Gasteiger partial charge on any atom is 0.134 e. The van der Waals surface area contributed by atoms with Crippen LogP contribution in [-0.4, -0.2) is 0 Å². The Morgan fingerprint density at radius 1 is 1.37 bits per heavy atom. The van der Waals surface area contributed by atoms with Crippen molar-refractivity contribution in [1.29, 1.82) is 0 Å². The average Bonchev–Trinajstić information content (AvgIpc) is 2.97. The molecule has 3 rings (SSSR count). The number of furan rings is 1. The predicted molar refractivity (Wildman–Crippen MR) is 72.7 cm³/mol. The van der Waals surface area contributed by atoms with Crippen molar-refractivity contribution in [3.05, 3.63) is 35.8 Å². The second-order valence-corrected chi connectivity index (χ2v) is 5.55. The van der Waals surface area contributed by atoms with Crippen molar-refractivity contribution in [3.8, 4) is 0 Å². The standard InChI is InChI=1S/C15H19FN2O/c1-9-3-2-4-12(9)15(18-17)14-8-10-7-11(16)5-6-13(10)19-14/h5-9,12,15,18H,2-4,17H2,1H3. The van der Waals surface area contributed by atoms with Crippen LogP contribution in [0, 0.1) is 17.7 Å². The average molecular weight is 262 g/mol. The van der Waals surface area contributed by atoms with Crippen molar-refractivity contribution < 1.29 is 8.81 Å². The summed E-state index contributed by atoms with van der Waals surface area (Å²) in [5.41, 5.74) is 3.59. The lowest BCUT2D eigenvalue weighted by atomic mass is 9.89. The highest BCUT2D eigenvalue weighted by Gasteiger charge is 2.33. The summed E-state index contributed by atoms with van der Waals surface area (Å²) in [6.45, 7) is 2.25. The first kappa shape index (κ1) is 12.6. The molecule has 3 N–H and O–H groups in total. The van der Waals surface area contributed by atoms with Crippen molar-refractivity contribution in [2.45, 2.75) is 32.2 Å². The molecule has 19 heavy (non-hydrogen) atoms. The quantitative estimate of drug-likeness (QED) is 0.657. The van der Waals surface area contributed by atoms with Crippen LogP contribution in [0.3, 0.4) is 0 Å². The minimum absolute atomic E-state index is 0.00737. The third-order valence-corrected chi connectivity index (χ3v) is 4.34. The molecule has 0 aliphatic heterocycles. The van der Waals surface area contributed by atoms with Gasteiger partial charge in [0.25, 0.3) is 0 Å². The highest BCUT2D eigenvalue weighted by molar-refractivity contribution is 5.78. The number of benzene rings is 1. The number of hydrogen-bond acceptors (Lipinski definition) is 3. The van der Waals surface area contributed by atoms with Crippen LogP contribution in [0.1, 0.15) is 38.0 Å². The van der Waals surface area contributed by atoms with Gasteiger partial charge in [0.15, 0.2) is 0 Å². The van der Waals surface area contributed by atoms with E-state index in [1.54, 1.807) is 6.07 Å². The van der Waals surface area contributed by atoms with E-state index in [0.717, 1.165) is 17.6 Å². The monoisotopic (exact) mass is 262 g/mol. The summed E-state index contributed by atoms with van der Waals surface area (Å²) in [6.07, 6.45) is 3.62. The molecule has 1 aliphatic carbocycles. The maximum absolute atomic E-state index is 13.2. The van der Waals surface area contributed by atoms with E-state index in [1.165, 1.54) is 25.0 Å². The molecule has 1 heterocycles. The highest BCUT2D eigenvalue weighted by Crippen LogP contribution is 2.40. The van der Waals surface area contributed by atoms with Crippen LogP contribution < -0.4 is 11.3 Å². The summed E-state index contributed by atoms with van der Waals surface area (Å²) in [7, 11) is 0. The van der Waals surface area contributed by atoms with Crippen LogP contribution in [0.15, 0.2) is 28.7 Å². The molecule has 1 aromatic heterocycles. The van der Waals surface area contributed by atoms with Crippen molar-refractivity contribution in [2.24, 2.45) is 17.7 Å². The van der Waals surface area contributed by atoms with Crippen molar-refractivity contribution in [2.75, 3.05) is 0 Å². The molecule has 1 fully saturated rings. The fourth-order valence-corrected chi connectivity index (χ4v) is 3.27. The molecule has 2 aromatic rings. The van der Waals surface area contributed by atoms with Crippen LogP contribution >= 0.6 is 0 Å². The molecule has 1 aliphatic rings. The lowest BCUT2D eigenvalue weighted by molar-refractivity contribution is 0.272. The van der Waals surface area contributed by atoms with E-state index in [0.29, 0.717) is 17.4 Å². The SMILES string of the molecule is CC1CCCC1C(NN)c1cc2cc(F)ccc2o1. The van der Waals surface area contributed by atoms with Gasteiger partial charge in [-0.05, 0) is 42.5 Å². The number of hydrogen-bond donors (Lipinski definition) is 2. The number of nitrogens with one attached hydrogen (secondary N) is 1. The molecule has 3 atom stereocenters. The van der Waals surface area contributed by atoms with Gasteiger partial charge in [-0.25, -0.2) is 9.82 Å². The van der Waals surface area contributed by atoms with E-state index < -0.39 is 0 Å². The fraction of sp³-hybridized carbons (Fsp3) is 0.467. The molecule has 0 radical (unpaired) electrons. The van der Waals surface area contributed by atoms with Crippen LogP contribution in [-0.2, 0) is 0 Å². The molecule has 0 amide bonds. The molecule has 1 aromatic carbocycles. The largest absolute Gasteiger partial charge is 0.459 e. The Morgan fingerprint density at radius 3 is 2.89 bits per heavy atom. The molecule has 102 valence electrons. The Labute approximate surface area is 111 Å². The van der Waals surface area contributed by atoms with Gasteiger partial charge in [-0.15, -0.1) is 0 Å². The summed E-state index contributed by atoms with van der Waals surface area (Å²) in [5, 5.41) is 0.793. The van der Waals surface area contributed by atoms with Crippen LogP contribution in [0.5, 0.6) is 0 Å². The van der Waals surface area contributed by atoms with Crippen molar-refractivity contribution in [3.63, 3.8) is 0 Å². The Bertz CT molecular complexity index is 581. The van der Waals surface area contributed by atoms with Crippen molar-refractivity contribution in [1.82, 2.24) is 5.43 Å². The Kier molecular flexibility index (Phi) is 3.29. The molecular formula is C15H19FN2O. The smallest absolute Gasteiger partial charge is 0.134 e. The van der Waals surface area contributed by atoms with Gasteiger partial charge in [-0.2, -0.15) is 0 Å². The first-order valence-corrected chi connectivity index (χ1v) is 6.84. The van der Waals surface area contributed by atoms with E-state index in [1.807, 2.05) is 6.07 Å². The lowest BCUT2D eigenvalue weighted by Gasteiger charge is -2.24. The fourth-order valence-electron chi connectivity index (χ4n) is 3.27. The van der Waals surface area contributed by atoms with Gasteiger partial charge in [0, 0.05) is 5.39 Å². The topological polar surface area (TPSA) is 51.2 Å². The van der Waals surface area contributed by atoms with E-state index >= 15 is 0 Å². The lowest BCUT2D eigenvalue weighted by Crippen LogP contribution is -2.34. The Morgan fingerprint density at radius 2 is 2.21 bits per heavy atom. The first-order chi connectivity index (χ1) is 9.19. The van der Waals surface area contributed by atoms with E-state index in [9.17, 15) is 4.39 Å². The predicted octanol–water partition coefficient (Wildman–Crippen LogP) is 3.51. The third kappa shape index (κ3) is 2.26. The number of hydrazine groups is 1. The molecular weight excluding hydrogens is 243 g/mol. The number of rotatable bonds is 3. The number of nitrogens with two attached hydrogens (primary N) is 1. The van der Waals surface area contributed by atoms with Crippen LogP contribution in [0.4, 0.5) is 4.39 Å². The summed E-state index contributed by atoms with van der Waals surface area (Å²) < 4.78 is 19.0. The zero-order valence-corrected chi connectivity index (χ0v) is 11.0. The molecule has 0 saturated heterocycles. The van der Waals surface area contributed by atoms with Crippen LogP contribution in [0.25, 0.3) is 11.0 Å². The van der Waals surface area contributed by atoms with E-state index in [-0.39, 0.29) is 11.9 Å². The molecule has 3 unspecified atom stereocenters. The van der Waals surface area contributed by atoms with Gasteiger partial charge in [-0.3, -0.25) is 5.84 Å². The minimum atomic E-state index is -0.244. The van der Waals surface area contributed by atoms with E-state index in [2.05, 4.69) is 12.3 Å². The second-order valence-electron chi connectivity index (χ2n) is 5.55. The third-order valence-electron chi connectivity index (χ3n) is 4.34. The summed E-state index contributed by atoms with van der Waals surface area (Å²) in [6, 6.07) is 6.48. The number of fused-ring (bicyclic) bond motifs is 1. The first-order valence-electron chi connectivity index (χ1n) is 6.84. The minimum Gasteiger partial charge on any atom is -0.459 e. The summed E-state index contributed by atoms with van der Waals surface area (Å²) >= 11 is 0. The Balaban J connectivity index is 1.96.